The van der Waals surface area contributed by atoms with E-state index in [0.29, 0.717) is 17.9 Å². The molecule has 0 aliphatic heterocycles. The van der Waals surface area contributed by atoms with Gasteiger partial charge in [0.25, 0.3) is 5.91 Å². The molecule has 118 valence electrons. The predicted molar refractivity (Wildman–Crippen MR) is 87.9 cm³/mol. The van der Waals surface area contributed by atoms with Crippen LogP contribution in [0, 0.1) is 0 Å². The molecular formula is C18H29NO2. The van der Waals surface area contributed by atoms with Crippen LogP contribution in [-0.4, -0.2) is 19.1 Å². The van der Waals surface area contributed by atoms with Crippen LogP contribution in [0.3, 0.4) is 0 Å². The summed E-state index contributed by atoms with van der Waals surface area (Å²) < 4.78 is 5.48. The fourth-order valence-electron chi connectivity index (χ4n) is 2.31. The van der Waals surface area contributed by atoms with Crippen LogP contribution < -0.4 is 10.1 Å². The van der Waals surface area contributed by atoms with Crippen LogP contribution in [0.25, 0.3) is 0 Å². The summed E-state index contributed by atoms with van der Waals surface area (Å²) in [6.45, 7) is 5.47. The minimum Gasteiger partial charge on any atom is -0.493 e. The molecule has 1 aromatic rings. The maximum absolute atomic E-state index is 12.1. The normalized spacial score (nSPS) is 10.4. The van der Waals surface area contributed by atoms with Gasteiger partial charge in [0.15, 0.2) is 0 Å². The molecule has 3 heteroatoms. The second-order valence-corrected chi connectivity index (χ2v) is 5.31. The highest BCUT2D eigenvalue weighted by molar-refractivity contribution is 5.96. The number of ether oxygens (including phenoxy) is 1. The highest BCUT2D eigenvalue weighted by Crippen LogP contribution is 2.17. The molecule has 1 amide bonds. The molecule has 0 heterocycles. The molecule has 3 nitrogen and oxygen atoms in total. The SMILES string of the molecule is CCCCCCCCCNC(=O)c1ccccc1OCC. The van der Waals surface area contributed by atoms with Gasteiger partial charge >= 0.3 is 0 Å². The van der Waals surface area contributed by atoms with Gasteiger partial charge < -0.3 is 10.1 Å². The fraction of sp³-hybridized carbons (Fsp3) is 0.611. The van der Waals surface area contributed by atoms with Crippen molar-refractivity contribution < 1.29 is 9.53 Å². The average molecular weight is 291 g/mol. The van der Waals surface area contributed by atoms with Gasteiger partial charge in [-0.15, -0.1) is 0 Å². The van der Waals surface area contributed by atoms with E-state index in [0.717, 1.165) is 13.0 Å². The Balaban J connectivity index is 2.22. The highest BCUT2D eigenvalue weighted by Gasteiger charge is 2.10. The zero-order valence-electron chi connectivity index (χ0n) is 13.5. The summed E-state index contributed by atoms with van der Waals surface area (Å²) in [6, 6.07) is 7.40. The molecule has 0 aliphatic carbocycles. The van der Waals surface area contributed by atoms with Crippen molar-refractivity contribution in [1.82, 2.24) is 5.32 Å². The molecule has 1 aromatic carbocycles. The summed E-state index contributed by atoms with van der Waals surface area (Å²) in [6.07, 6.45) is 8.79. The van der Waals surface area contributed by atoms with E-state index < -0.39 is 0 Å². The lowest BCUT2D eigenvalue weighted by molar-refractivity contribution is 0.0949. The topological polar surface area (TPSA) is 38.3 Å². The van der Waals surface area contributed by atoms with Crippen molar-refractivity contribution in [2.75, 3.05) is 13.2 Å². The number of hydrogen-bond acceptors (Lipinski definition) is 2. The van der Waals surface area contributed by atoms with Gasteiger partial charge in [-0.25, -0.2) is 0 Å². The second-order valence-electron chi connectivity index (χ2n) is 5.31. The molecule has 0 radical (unpaired) electrons. The van der Waals surface area contributed by atoms with E-state index in [9.17, 15) is 4.79 Å². The minimum atomic E-state index is -0.0370. The maximum atomic E-state index is 12.1. The standard InChI is InChI=1S/C18H29NO2/c1-3-5-6-7-8-9-12-15-19-18(20)16-13-10-11-14-17(16)21-4-2/h10-11,13-14H,3-9,12,15H2,1-2H3,(H,19,20). The maximum Gasteiger partial charge on any atom is 0.255 e. The van der Waals surface area contributed by atoms with Crippen LogP contribution in [0.2, 0.25) is 0 Å². The van der Waals surface area contributed by atoms with E-state index in [4.69, 9.17) is 4.74 Å². The van der Waals surface area contributed by atoms with Crippen LogP contribution in [0.1, 0.15) is 69.2 Å². The molecule has 0 unspecified atom stereocenters. The number of amides is 1. The van der Waals surface area contributed by atoms with Crippen LogP contribution in [0.4, 0.5) is 0 Å². The zero-order valence-corrected chi connectivity index (χ0v) is 13.5. The average Bonchev–Trinajstić information content (AvgIpc) is 2.50. The summed E-state index contributed by atoms with van der Waals surface area (Å²) in [5.41, 5.74) is 0.627. The van der Waals surface area contributed by atoms with E-state index >= 15 is 0 Å². The first-order chi connectivity index (χ1) is 10.3. The zero-order chi connectivity index (χ0) is 15.3. The number of benzene rings is 1. The number of unbranched alkanes of at least 4 members (excludes halogenated alkanes) is 6. The van der Waals surface area contributed by atoms with Gasteiger partial charge in [-0.3, -0.25) is 4.79 Å². The Morgan fingerprint density at radius 3 is 2.38 bits per heavy atom. The van der Waals surface area contributed by atoms with Crippen LogP contribution in [-0.2, 0) is 0 Å². The fourth-order valence-corrected chi connectivity index (χ4v) is 2.31. The second kappa shape index (κ2) is 11.2. The quantitative estimate of drug-likeness (QED) is 0.607. The van der Waals surface area contributed by atoms with Crippen molar-refractivity contribution in [2.45, 2.75) is 58.8 Å². The number of carbonyl (C=O) groups excluding carboxylic acids is 1. The summed E-state index contributed by atoms with van der Waals surface area (Å²) in [7, 11) is 0. The van der Waals surface area contributed by atoms with E-state index in [1.54, 1.807) is 0 Å². The third-order valence-electron chi connectivity index (χ3n) is 3.50. The number of hydrogen-bond donors (Lipinski definition) is 1. The van der Waals surface area contributed by atoms with Gasteiger partial charge in [0.2, 0.25) is 0 Å². The van der Waals surface area contributed by atoms with Gasteiger partial charge in [0, 0.05) is 6.54 Å². The first-order valence-electron chi connectivity index (χ1n) is 8.29. The number of nitrogens with one attached hydrogen (secondary N) is 1. The van der Waals surface area contributed by atoms with Gasteiger partial charge in [-0.05, 0) is 25.5 Å². The molecule has 0 atom stereocenters. The molecule has 0 aliphatic rings. The van der Waals surface area contributed by atoms with Gasteiger partial charge in [-0.1, -0.05) is 57.6 Å². The van der Waals surface area contributed by atoms with Gasteiger partial charge in [0.1, 0.15) is 5.75 Å². The predicted octanol–water partition coefficient (Wildman–Crippen LogP) is 4.57. The van der Waals surface area contributed by atoms with E-state index in [1.807, 2.05) is 31.2 Å². The molecule has 0 saturated carbocycles. The van der Waals surface area contributed by atoms with Crippen molar-refractivity contribution >= 4 is 5.91 Å². The van der Waals surface area contributed by atoms with Crippen molar-refractivity contribution in [3.8, 4) is 5.75 Å². The molecule has 0 bridgehead atoms. The van der Waals surface area contributed by atoms with E-state index in [-0.39, 0.29) is 5.91 Å². The van der Waals surface area contributed by atoms with Crippen LogP contribution >= 0.6 is 0 Å². The third kappa shape index (κ3) is 7.16. The Labute approximate surface area is 129 Å². The van der Waals surface area contributed by atoms with Crippen LogP contribution in [0.5, 0.6) is 5.75 Å². The summed E-state index contributed by atoms with van der Waals surface area (Å²) in [5.74, 6) is 0.627. The summed E-state index contributed by atoms with van der Waals surface area (Å²) in [5, 5.41) is 2.98. The molecule has 0 spiro atoms. The highest BCUT2D eigenvalue weighted by atomic mass is 16.5. The van der Waals surface area contributed by atoms with E-state index in [1.165, 1.54) is 38.5 Å². The number of para-hydroxylation sites is 1. The number of rotatable bonds is 11. The van der Waals surface area contributed by atoms with Crippen LogP contribution in [0.15, 0.2) is 24.3 Å². The minimum absolute atomic E-state index is 0.0370. The monoisotopic (exact) mass is 291 g/mol. The number of carbonyl (C=O) groups is 1. The largest absolute Gasteiger partial charge is 0.493 e. The summed E-state index contributed by atoms with van der Waals surface area (Å²) >= 11 is 0. The third-order valence-corrected chi connectivity index (χ3v) is 3.50. The Hall–Kier alpha value is -1.51. The van der Waals surface area contributed by atoms with Crippen molar-refractivity contribution in [3.63, 3.8) is 0 Å². The molecule has 0 saturated heterocycles. The molecule has 21 heavy (non-hydrogen) atoms. The van der Waals surface area contributed by atoms with Crippen molar-refractivity contribution in [1.29, 1.82) is 0 Å². The smallest absolute Gasteiger partial charge is 0.255 e. The Morgan fingerprint density at radius 1 is 1.00 bits per heavy atom. The lowest BCUT2D eigenvalue weighted by Crippen LogP contribution is -2.25. The molecular weight excluding hydrogens is 262 g/mol. The van der Waals surface area contributed by atoms with Crippen molar-refractivity contribution in [3.05, 3.63) is 29.8 Å². The van der Waals surface area contributed by atoms with E-state index in [2.05, 4.69) is 12.2 Å². The first kappa shape index (κ1) is 17.5. The lowest BCUT2D eigenvalue weighted by Gasteiger charge is -2.10. The first-order valence-corrected chi connectivity index (χ1v) is 8.29. The molecule has 1 N–H and O–H groups in total. The molecule has 1 rings (SSSR count). The molecule has 0 fully saturated rings. The summed E-state index contributed by atoms with van der Waals surface area (Å²) in [4.78, 5) is 12.1. The Kier molecular flexibility index (Phi) is 9.34. The molecule has 0 aromatic heterocycles. The lowest BCUT2D eigenvalue weighted by atomic mass is 10.1. The van der Waals surface area contributed by atoms with Gasteiger partial charge in [-0.2, -0.15) is 0 Å². The Bertz CT molecular complexity index is 404. The van der Waals surface area contributed by atoms with Gasteiger partial charge in [0.05, 0.1) is 12.2 Å². The Morgan fingerprint density at radius 2 is 1.67 bits per heavy atom. The van der Waals surface area contributed by atoms with Crippen molar-refractivity contribution in [2.24, 2.45) is 0 Å².